The van der Waals surface area contributed by atoms with E-state index in [1.807, 2.05) is 0 Å². The summed E-state index contributed by atoms with van der Waals surface area (Å²) in [6.07, 6.45) is -0.419. The molecule has 4 nitrogen and oxygen atoms in total. The number of hydrogen-bond acceptors (Lipinski definition) is 2. The number of urea groups is 1. The third kappa shape index (κ3) is 1.05. The number of amides is 3. The van der Waals surface area contributed by atoms with Gasteiger partial charge in [0, 0.05) is 18.9 Å². The Morgan fingerprint density at radius 2 is 2.25 bits per heavy atom. The average molecular weight is 172 g/mol. The molecule has 2 rings (SSSR count). The summed E-state index contributed by atoms with van der Waals surface area (Å²) < 4.78 is 12.8. The lowest BCUT2D eigenvalue weighted by Crippen LogP contribution is -2.52. The first-order valence-electron chi connectivity index (χ1n) is 3.91. The SMILES string of the molecule is O=C1C[C@@H]2C[C@H](F)CN2C(=O)N1. The van der Waals surface area contributed by atoms with E-state index in [1.54, 1.807) is 0 Å². The number of alkyl halides is 1. The van der Waals surface area contributed by atoms with Crippen molar-refractivity contribution in [3.63, 3.8) is 0 Å². The maximum absolute atomic E-state index is 12.8. The molecule has 2 saturated heterocycles. The Labute approximate surface area is 68.7 Å². The maximum Gasteiger partial charge on any atom is 0.324 e. The molecule has 0 spiro atoms. The van der Waals surface area contributed by atoms with Gasteiger partial charge >= 0.3 is 6.03 Å². The van der Waals surface area contributed by atoms with Crippen molar-refractivity contribution in [1.82, 2.24) is 10.2 Å². The Hall–Kier alpha value is -1.13. The van der Waals surface area contributed by atoms with E-state index in [0.29, 0.717) is 6.42 Å². The smallest absolute Gasteiger partial charge is 0.318 e. The predicted molar refractivity (Wildman–Crippen MR) is 38.2 cm³/mol. The van der Waals surface area contributed by atoms with E-state index in [-0.39, 0.29) is 24.9 Å². The lowest BCUT2D eigenvalue weighted by atomic mass is 10.1. The van der Waals surface area contributed by atoms with Crippen LogP contribution < -0.4 is 5.32 Å². The molecule has 0 aromatic carbocycles. The molecule has 2 fully saturated rings. The number of nitrogens with zero attached hydrogens (tertiary/aromatic N) is 1. The topological polar surface area (TPSA) is 49.4 Å². The van der Waals surface area contributed by atoms with Crippen LogP contribution in [0.5, 0.6) is 0 Å². The monoisotopic (exact) mass is 172 g/mol. The van der Waals surface area contributed by atoms with Crippen molar-refractivity contribution in [2.75, 3.05) is 6.54 Å². The lowest BCUT2D eigenvalue weighted by Gasteiger charge is -2.28. The molecular formula is C7H9FN2O2. The minimum Gasteiger partial charge on any atom is -0.318 e. The first-order valence-corrected chi connectivity index (χ1v) is 3.91. The second-order valence-electron chi connectivity index (χ2n) is 3.20. The van der Waals surface area contributed by atoms with Crippen molar-refractivity contribution in [2.45, 2.75) is 25.1 Å². The minimum atomic E-state index is -0.966. The fraction of sp³-hybridized carbons (Fsp3) is 0.714. The number of imide groups is 1. The Bertz CT molecular complexity index is 244. The van der Waals surface area contributed by atoms with Crippen LogP contribution in [0.4, 0.5) is 9.18 Å². The number of rotatable bonds is 0. The van der Waals surface area contributed by atoms with Crippen LogP contribution in [0, 0.1) is 0 Å². The van der Waals surface area contributed by atoms with E-state index >= 15 is 0 Å². The number of halogens is 1. The second-order valence-corrected chi connectivity index (χ2v) is 3.20. The quantitative estimate of drug-likeness (QED) is 0.560. The van der Waals surface area contributed by atoms with Gasteiger partial charge in [-0.15, -0.1) is 0 Å². The van der Waals surface area contributed by atoms with E-state index < -0.39 is 12.2 Å². The first-order chi connectivity index (χ1) is 5.66. The molecule has 2 aliphatic rings. The number of fused-ring (bicyclic) bond motifs is 1. The highest BCUT2D eigenvalue weighted by Gasteiger charge is 2.40. The minimum absolute atomic E-state index is 0.129. The summed E-state index contributed by atoms with van der Waals surface area (Å²) in [5.74, 6) is -0.296. The third-order valence-electron chi connectivity index (χ3n) is 2.29. The zero-order chi connectivity index (χ0) is 8.72. The molecule has 0 aliphatic carbocycles. The number of carbonyl (C=O) groups is 2. The van der Waals surface area contributed by atoms with E-state index in [1.165, 1.54) is 4.90 Å². The van der Waals surface area contributed by atoms with Gasteiger partial charge in [0.2, 0.25) is 5.91 Å². The van der Waals surface area contributed by atoms with E-state index in [9.17, 15) is 14.0 Å². The molecule has 5 heteroatoms. The Morgan fingerprint density at radius 1 is 1.50 bits per heavy atom. The highest BCUT2D eigenvalue weighted by atomic mass is 19.1. The van der Waals surface area contributed by atoms with Gasteiger partial charge < -0.3 is 4.90 Å². The zero-order valence-electron chi connectivity index (χ0n) is 6.42. The lowest BCUT2D eigenvalue weighted by molar-refractivity contribution is -0.122. The van der Waals surface area contributed by atoms with E-state index in [0.717, 1.165) is 0 Å². The van der Waals surface area contributed by atoms with Crippen molar-refractivity contribution in [2.24, 2.45) is 0 Å². The van der Waals surface area contributed by atoms with Gasteiger partial charge in [0.1, 0.15) is 6.17 Å². The molecule has 66 valence electrons. The number of carbonyl (C=O) groups excluding carboxylic acids is 2. The van der Waals surface area contributed by atoms with Crippen LogP contribution in [-0.4, -0.2) is 35.6 Å². The van der Waals surface area contributed by atoms with Crippen LogP contribution in [0.15, 0.2) is 0 Å². The summed E-state index contributed by atoms with van der Waals surface area (Å²) in [6.45, 7) is 0.129. The van der Waals surface area contributed by atoms with Crippen LogP contribution in [0.2, 0.25) is 0 Å². The van der Waals surface area contributed by atoms with Crippen LogP contribution in [0.25, 0.3) is 0 Å². The van der Waals surface area contributed by atoms with Crippen LogP contribution in [0.3, 0.4) is 0 Å². The molecule has 0 bridgehead atoms. The molecular weight excluding hydrogens is 163 g/mol. The van der Waals surface area contributed by atoms with Gasteiger partial charge in [-0.2, -0.15) is 0 Å². The zero-order valence-corrected chi connectivity index (χ0v) is 6.42. The molecule has 0 saturated carbocycles. The molecule has 0 radical (unpaired) electrons. The highest BCUT2D eigenvalue weighted by Crippen LogP contribution is 2.24. The Balaban J connectivity index is 2.15. The van der Waals surface area contributed by atoms with Crippen molar-refractivity contribution >= 4 is 11.9 Å². The largest absolute Gasteiger partial charge is 0.324 e. The van der Waals surface area contributed by atoms with E-state index in [4.69, 9.17) is 0 Å². The van der Waals surface area contributed by atoms with Crippen LogP contribution in [-0.2, 0) is 4.79 Å². The van der Waals surface area contributed by atoms with Crippen molar-refractivity contribution in [1.29, 1.82) is 0 Å². The summed E-state index contributed by atoms with van der Waals surface area (Å²) in [7, 11) is 0. The molecule has 0 aromatic rings. The van der Waals surface area contributed by atoms with Crippen molar-refractivity contribution in [3.8, 4) is 0 Å². The standard InChI is InChI=1S/C7H9FN2O2/c8-4-1-5-2-6(11)9-7(12)10(5)3-4/h4-5H,1-3H2,(H,9,11,12)/t4-,5-/m0/s1. The summed E-state index contributed by atoms with van der Waals surface area (Å²) in [4.78, 5) is 23.3. The molecule has 0 aromatic heterocycles. The average Bonchev–Trinajstić information content (AvgIpc) is 2.29. The maximum atomic E-state index is 12.8. The Morgan fingerprint density at radius 3 is 3.00 bits per heavy atom. The van der Waals surface area contributed by atoms with Gasteiger partial charge in [0.25, 0.3) is 0 Å². The summed E-state index contributed by atoms with van der Waals surface area (Å²) in [5.41, 5.74) is 0. The van der Waals surface area contributed by atoms with Gasteiger partial charge in [-0.25, -0.2) is 9.18 Å². The fourth-order valence-corrected chi connectivity index (χ4v) is 1.76. The summed E-state index contributed by atoms with van der Waals surface area (Å²) >= 11 is 0. The first kappa shape index (κ1) is 7.52. The van der Waals surface area contributed by atoms with Gasteiger partial charge in [-0.1, -0.05) is 0 Å². The fourth-order valence-electron chi connectivity index (χ4n) is 1.76. The molecule has 2 atom stereocenters. The predicted octanol–water partition coefficient (Wildman–Crippen LogP) is 0.0387. The normalized spacial score (nSPS) is 34.9. The molecule has 2 heterocycles. The van der Waals surface area contributed by atoms with Gasteiger partial charge in [0.05, 0.1) is 6.54 Å². The molecule has 1 N–H and O–H groups in total. The Kier molecular flexibility index (Phi) is 1.52. The summed E-state index contributed by atoms with van der Waals surface area (Å²) in [6, 6.07) is -0.655. The van der Waals surface area contributed by atoms with Gasteiger partial charge in [0.15, 0.2) is 0 Å². The van der Waals surface area contributed by atoms with Gasteiger partial charge in [-0.3, -0.25) is 10.1 Å². The molecule has 2 aliphatic heterocycles. The van der Waals surface area contributed by atoms with Crippen LogP contribution >= 0.6 is 0 Å². The molecule has 0 unspecified atom stereocenters. The van der Waals surface area contributed by atoms with E-state index in [2.05, 4.69) is 5.32 Å². The summed E-state index contributed by atoms with van der Waals surface area (Å²) in [5, 5.41) is 2.15. The third-order valence-corrected chi connectivity index (χ3v) is 2.29. The number of hydrogen-bond donors (Lipinski definition) is 1. The molecule has 12 heavy (non-hydrogen) atoms. The van der Waals surface area contributed by atoms with Crippen molar-refractivity contribution in [3.05, 3.63) is 0 Å². The number of nitrogens with one attached hydrogen (secondary N) is 1. The van der Waals surface area contributed by atoms with Crippen molar-refractivity contribution < 1.29 is 14.0 Å². The van der Waals surface area contributed by atoms with Gasteiger partial charge in [-0.05, 0) is 0 Å². The molecule has 3 amide bonds. The van der Waals surface area contributed by atoms with Crippen LogP contribution in [0.1, 0.15) is 12.8 Å². The second kappa shape index (κ2) is 2.43. The highest BCUT2D eigenvalue weighted by molar-refractivity contribution is 5.97.